The highest BCUT2D eigenvalue weighted by molar-refractivity contribution is 6.29. The standard InChI is InChI=1S/C16H19ClN4O2/c1-11-8-15(17)21(20-11)14-4-2-12(3-5-14)19-16(22)9-13-10-23-7-6-18-13/h2-5,8,13,18H,6-7,9-10H2,1H3,(H,19,22)/t13-/m1/s1. The Morgan fingerprint density at radius 3 is 2.87 bits per heavy atom. The summed E-state index contributed by atoms with van der Waals surface area (Å²) in [5.41, 5.74) is 2.45. The van der Waals surface area contributed by atoms with E-state index in [-0.39, 0.29) is 11.9 Å². The van der Waals surface area contributed by atoms with E-state index in [4.69, 9.17) is 16.3 Å². The molecule has 1 amide bonds. The highest BCUT2D eigenvalue weighted by Crippen LogP contribution is 2.19. The molecule has 1 aromatic carbocycles. The number of hydrogen-bond acceptors (Lipinski definition) is 4. The van der Waals surface area contributed by atoms with Crippen LogP contribution in [0, 0.1) is 6.92 Å². The zero-order valence-electron chi connectivity index (χ0n) is 12.9. The lowest BCUT2D eigenvalue weighted by Gasteiger charge is -2.23. The third-order valence-electron chi connectivity index (χ3n) is 3.61. The maximum Gasteiger partial charge on any atom is 0.226 e. The Kier molecular flexibility index (Phi) is 4.95. The van der Waals surface area contributed by atoms with E-state index in [1.54, 1.807) is 10.7 Å². The molecule has 2 N–H and O–H groups in total. The van der Waals surface area contributed by atoms with Crippen molar-refractivity contribution in [3.8, 4) is 5.69 Å². The largest absolute Gasteiger partial charge is 0.378 e. The van der Waals surface area contributed by atoms with Crippen molar-refractivity contribution in [2.24, 2.45) is 0 Å². The summed E-state index contributed by atoms with van der Waals surface area (Å²) in [4.78, 5) is 12.0. The van der Waals surface area contributed by atoms with Crippen molar-refractivity contribution in [2.45, 2.75) is 19.4 Å². The lowest BCUT2D eigenvalue weighted by atomic mass is 10.2. The molecule has 23 heavy (non-hydrogen) atoms. The van der Waals surface area contributed by atoms with Crippen LogP contribution in [-0.2, 0) is 9.53 Å². The van der Waals surface area contributed by atoms with E-state index in [9.17, 15) is 4.79 Å². The number of nitrogens with one attached hydrogen (secondary N) is 2. The topological polar surface area (TPSA) is 68.2 Å². The van der Waals surface area contributed by atoms with Gasteiger partial charge in [-0.15, -0.1) is 0 Å². The summed E-state index contributed by atoms with van der Waals surface area (Å²) in [6, 6.07) is 9.30. The molecule has 1 aliphatic rings. The Labute approximate surface area is 139 Å². The first kappa shape index (κ1) is 16.0. The Bertz CT molecular complexity index is 678. The molecule has 2 heterocycles. The van der Waals surface area contributed by atoms with Crippen molar-refractivity contribution in [3.63, 3.8) is 0 Å². The average Bonchev–Trinajstić information content (AvgIpc) is 2.87. The molecule has 1 atom stereocenters. The summed E-state index contributed by atoms with van der Waals surface area (Å²) in [6.07, 6.45) is 0.395. The van der Waals surface area contributed by atoms with E-state index in [1.807, 2.05) is 31.2 Å². The Balaban J connectivity index is 1.61. The van der Waals surface area contributed by atoms with Crippen molar-refractivity contribution in [1.82, 2.24) is 15.1 Å². The molecule has 1 saturated heterocycles. The molecule has 0 unspecified atom stereocenters. The first-order valence-corrected chi connectivity index (χ1v) is 7.93. The van der Waals surface area contributed by atoms with Gasteiger partial charge in [0, 0.05) is 24.7 Å². The van der Waals surface area contributed by atoms with Gasteiger partial charge in [0.15, 0.2) is 0 Å². The number of aromatic nitrogens is 2. The van der Waals surface area contributed by atoms with Gasteiger partial charge in [0.05, 0.1) is 24.6 Å². The van der Waals surface area contributed by atoms with Gasteiger partial charge >= 0.3 is 0 Å². The van der Waals surface area contributed by atoms with Gasteiger partial charge in [0.2, 0.25) is 5.91 Å². The Morgan fingerprint density at radius 1 is 1.48 bits per heavy atom. The van der Waals surface area contributed by atoms with Crippen LogP contribution in [0.3, 0.4) is 0 Å². The molecule has 0 spiro atoms. The van der Waals surface area contributed by atoms with Crippen molar-refractivity contribution in [1.29, 1.82) is 0 Å². The number of morpholine rings is 1. The first-order valence-electron chi connectivity index (χ1n) is 7.55. The molecule has 2 aromatic rings. The van der Waals surface area contributed by atoms with Crippen LogP contribution >= 0.6 is 11.6 Å². The van der Waals surface area contributed by atoms with Crippen LogP contribution < -0.4 is 10.6 Å². The number of benzene rings is 1. The van der Waals surface area contributed by atoms with Gasteiger partial charge in [0.25, 0.3) is 0 Å². The number of anilines is 1. The third-order valence-corrected chi connectivity index (χ3v) is 3.88. The van der Waals surface area contributed by atoms with Gasteiger partial charge in [-0.1, -0.05) is 11.6 Å². The minimum Gasteiger partial charge on any atom is -0.378 e. The molecule has 0 aliphatic carbocycles. The molecular weight excluding hydrogens is 316 g/mol. The van der Waals surface area contributed by atoms with Gasteiger partial charge in [-0.05, 0) is 37.3 Å². The summed E-state index contributed by atoms with van der Waals surface area (Å²) in [5, 5.41) is 11.0. The van der Waals surface area contributed by atoms with Gasteiger partial charge in [-0.2, -0.15) is 5.10 Å². The van der Waals surface area contributed by atoms with Gasteiger partial charge in [0.1, 0.15) is 5.15 Å². The van der Waals surface area contributed by atoms with Gasteiger partial charge < -0.3 is 15.4 Å². The second-order valence-electron chi connectivity index (χ2n) is 5.55. The summed E-state index contributed by atoms with van der Waals surface area (Å²) in [5.74, 6) is -0.0336. The number of carbonyl (C=O) groups excluding carboxylic acids is 1. The normalized spacial score (nSPS) is 17.9. The molecule has 3 rings (SSSR count). The second kappa shape index (κ2) is 7.12. The number of carbonyl (C=O) groups is 1. The molecule has 0 bridgehead atoms. The fourth-order valence-corrected chi connectivity index (χ4v) is 2.81. The Hall–Kier alpha value is -1.89. The molecule has 0 saturated carbocycles. The van der Waals surface area contributed by atoms with Crippen LogP contribution in [0.5, 0.6) is 0 Å². The third kappa shape index (κ3) is 4.10. The maximum absolute atomic E-state index is 12.0. The smallest absolute Gasteiger partial charge is 0.226 e. The lowest BCUT2D eigenvalue weighted by Crippen LogP contribution is -2.43. The van der Waals surface area contributed by atoms with E-state index in [0.29, 0.717) is 24.8 Å². The summed E-state index contributed by atoms with van der Waals surface area (Å²) in [7, 11) is 0. The van der Waals surface area contributed by atoms with Crippen LogP contribution in [0.25, 0.3) is 5.69 Å². The van der Waals surface area contributed by atoms with Crippen molar-refractivity contribution in [2.75, 3.05) is 25.1 Å². The van der Waals surface area contributed by atoms with Gasteiger partial charge in [-0.3, -0.25) is 4.79 Å². The summed E-state index contributed by atoms with van der Waals surface area (Å²) < 4.78 is 7.00. The fraction of sp³-hybridized carbons (Fsp3) is 0.375. The van der Waals surface area contributed by atoms with Crippen LogP contribution in [0.4, 0.5) is 5.69 Å². The van der Waals surface area contributed by atoms with Crippen LogP contribution in [0.1, 0.15) is 12.1 Å². The minimum absolute atomic E-state index is 0.0336. The fourth-order valence-electron chi connectivity index (χ4n) is 2.52. The highest BCUT2D eigenvalue weighted by atomic mass is 35.5. The van der Waals surface area contributed by atoms with E-state index in [2.05, 4.69) is 15.7 Å². The second-order valence-corrected chi connectivity index (χ2v) is 5.93. The summed E-state index contributed by atoms with van der Waals surface area (Å²) >= 11 is 6.12. The van der Waals surface area contributed by atoms with E-state index in [1.165, 1.54) is 0 Å². The zero-order valence-corrected chi connectivity index (χ0v) is 13.6. The molecule has 0 radical (unpaired) electrons. The number of ether oxygens (including phenoxy) is 1. The van der Waals surface area contributed by atoms with E-state index >= 15 is 0 Å². The van der Waals surface area contributed by atoms with Crippen molar-refractivity contribution < 1.29 is 9.53 Å². The number of aryl methyl sites for hydroxylation is 1. The molecule has 1 aliphatic heterocycles. The number of rotatable bonds is 4. The SMILES string of the molecule is Cc1cc(Cl)n(-c2ccc(NC(=O)C[C@@H]3COCCN3)cc2)n1. The molecule has 122 valence electrons. The van der Waals surface area contributed by atoms with Gasteiger partial charge in [-0.25, -0.2) is 4.68 Å². The number of amides is 1. The zero-order chi connectivity index (χ0) is 16.2. The van der Waals surface area contributed by atoms with Crippen LogP contribution in [0.15, 0.2) is 30.3 Å². The molecular formula is C16H19ClN4O2. The quantitative estimate of drug-likeness (QED) is 0.899. The van der Waals surface area contributed by atoms with E-state index in [0.717, 1.165) is 23.6 Å². The van der Waals surface area contributed by atoms with Crippen LogP contribution in [-0.4, -0.2) is 41.5 Å². The highest BCUT2D eigenvalue weighted by Gasteiger charge is 2.16. The minimum atomic E-state index is -0.0336. The number of halogens is 1. The van der Waals surface area contributed by atoms with E-state index < -0.39 is 0 Å². The average molecular weight is 335 g/mol. The first-order chi connectivity index (χ1) is 11.1. The number of nitrogens with zero attached hydrogens (tertiary/aromatic N) is 2. The molecule has 1 fully saturated rings. The number of hydrogen-bond donors (Lipinski definition) is 2. The van der Waals surface area contributed by atoms with Crippen molar-refractivity contribution >= 4 is 23.2 Å². The molecule has 7 heteroatoms. The predicted molar refractivity (Wildman–Crippen MR) is 89.2 cm³/mol. The predicted octanol–water partition coefficient (Wildman–Crippen LogP) is 2.15. The molecule has 6 nitrogen and oxygen atoms in total. The maximum atomic E-state index is 12.0. The monoisotopic (exact) mass is 334 g/mol. The Morgan fingerprint density at radius 2 is 2.26 bits per heavy atom. The summed E-state index contributed by atoms with van der Waals surface area (Å²) in [6.45, 7) is 3.95. The molecule has 1 aromatic heterocycles. The van der Waals surface area contributed by atoms with Crippen LogP contribution in [0.2, 0.25) is 5.15 Å². The lowest BCUT2D eigenvalue weighted by molar-refractivity contribution is -0.117. The van der Waals surface area contributed by atoms with Crippen molar-refractivity contribution in [3.05, 3.63) is 41.2 Å².